The smallest absolute Gasteiger partial charge is 0.391 e. The molecule has 1 saturated heterocycles. The Kier molecular flexibility index (Phi) is 4.60. The summed E-state index contributed by atoms with van der Waals surface area (Å²) in [5.41, 5.74) is -1.08. The van der Waals surface area contributed by atoms with Crippen LogP contribution in [0.4, 0.5) is 19.0 Å². The first kappa shape index (κ1) is 16.3. The molecular weight excluding hydrogens is 309 g/mol. The Bertz CT molecular complexity index is 512. The van der Waals surface area contributed by atoms with Crippen LogP contribution in [0.15, 0.2) is 6.07 Å². The highest BCUT2D eigenvalue weighted by molar-refractivity contribution is 6.28. The number of aliphatic hydroxyl groups is 1. The molecule has 1 fully saturated rings. The van der Waals surface area contributed by atoms with E-state index in [-0.39, 0.29) is 18.4 Å². The molecule has 1 aromatic heterocycles. The molecule has 118 valence electrons. The molecule has 0 aromatic carbocycles. The number of rotatable bonds is 3. The number of aromatic nitrogens is 2. The summed E-state index contributed by atoms with van der Waals surface area (Å²) in [7, 11) is 3.72. The molecule has 0 bridgehead atoms. The van der Waals surface area contributed by atoms with E-state index in [9.17, 15) is 18.3 Å². The Hall–Kier alpha value is -1.12. The van der Waals surface area contributed by atoms with Crippen molar-refractivity contribution in [3.8, 4) is 0 Å². The molecule has 0 radical (unpaired) electrons. The summed E-state index contributed by atoms with van der Waals surface area (Å²) in [6.45, 7) is 0.823. The van der Waals surface area contributed by atoms with E-state index in [0.717, 1.165) is 6.07 Å². The Labute approximate surface area is 125 Å². The van der Waals surface area contributed by atoms with Crippen LogP contribution in [0.2, 0.25) is 5.28 Å². The lowest BCUT2D eigenvalue weighted by atomic mass is 10.2. The monoisotopic (exact) mass is 324 g/mol. The van der Waals surface area contributed by atoms with Gasteiger partial charge in [0.15, 0.2) is 5.69 Å². The van der Waals surface area contributed by atoms with Crippen molar-refractivity contribution in [2.75, 3.05) is 32.1 Å². The summed E-state index contributed by atoms with van der Waals surface area (Å²) < 4.78 is 38.4. The Morgan fingerprint density at radius 3 is 2.67 bits per heavy atom. The van der Waals surface area contributed by atoms with Crippen LogP contribution in [-0.4, -0.2) is 59.3 Å². The van der Waals surface area contributed by atoms with Crippen LogP contribution in [0.3, 0.4) is 0 Å². The number of hydrogen-bond acceptors (Lipinski definition) is 5. The van der Waals surface area contributed by atoms with Gasteiger partial charge in [-0.3, -0.25) is 0 Å². The minimum absolute atomic E-state index is 0.0886. The third-order valence-corrected chi connectivity index (χ3v) is 3.41. The number of halogens is 4. The van der Waals surface area contributed by atoms with Crippen molar-refractivity contribution in [1.29, 1.82) is 0 Å². The lowest BCUT2D eigenvalue weighted by Crippen LogP contribution is -2.38. The molecule has 0 spiro atoms. The van der Waals surface area contributed by atoms with Crippen LogP contribution >= 0.6 is 11.6 Å². The molecule has 1 aliphatic rings. The van der Waals surface area contributed by atoms with Gasteiger partial charge in [-0.25, -0.2) is 9.97 Å². The van der Waals surface area contributed by atoms with Crippen molar-refractivity contribution in [2.24, 2.45) is 0 Å². The lowest BCUT2D eigenvalue weighted by Gasteiger charge is -2.28. The van der Waals surface area contributed by atoms with Gasteiger partial charge >= 0.3 is 6.18 Å². The summed E-state index contributed by atoms with van der Waals surface area (Å²) in [5.74, 6) is 0.0886. The van der Waals surface area contributed by atoms with Gasteiger partial charge in [0.2, 0.25) is 5.28 Å². The average molecular weight is 325 g/mol. The molecule has 1 aliphatic heterocycles. The Morgan fingerprint density at radius 2 is 2.10 bits per heavy atom. The van der Waals surface area contributed by atoms with Gasteiger partial charge in [0.05, 0.1) is 6.10 Å². The van der Waals surface area contributed by atoms with Gasteiger partial charge in [-0.1, -0.05) is 0 Å². The highest BCUT2D eigenvalue weighted by atomic mass is 35.5. The van der Waals surface area contributed by atoms with E-state index in [0.29, 0.717) is 13.0 Å². The molecule has 0 saturated carbocycles. The number of likely N-dealkylation sites (N-methyl/N-ethyl adjacent to an activating group) is 1. The van der Waals surface area contributed by atoms with E-state index in [2.05, 4.69) is 9.97 Å². The minimum Gasteiger partial charge on any atom is -0.391 e. The predicted molar refractivity (Wildman–Crippen MR) is 72.4 cm³/mol. The quantitative estimate of drug-likeness (QED) is 0.857. The highest BCUT2D eigenvalue weighted by Crippen LogP contribution is 2.32. The van der Waals surface area contributed by atoms with E-state index in [1.54, 1.807) is 4.90 Å². The van der Waals surface area contributed by atoms with Crippen LogP contribution in [-0.2, 0) is 6.18 Å². The largest absolute Gasteiger partial charge is 0.433 e. The molecule has 5 nitrogen and oxygen atoms in total. The Balaban J connectivity index is 2.33. The lowest BCUT2D eigenvalue weighted by molar-refractivity contribution is -0.141. The van der Waals surface area contributed by atoms with Crippen LogP contribution < -0.4 is 4.90 Å². The van der Waals surface area contributed by atoms with Gasteiger partial charge in [0, 0.05) is 25.2 Å². The second-order valence-electron chi connectivity index (χ2n) is 5.34. The van der Waals surface area contributed by atoms with Crippen molar-refractivity contribution in [3.63, 3.8) is 0 Å². The zero-order valence-corrected chi connectivity index (χ0v) is 12.4. The molecule has 1 N–H and O–H groups in total. The van der Waals surface area contributed by atoms with Gasteiger partial charge in [-0.15, -0.1) is 0 Å². The second kappa shape index (κ2) is 5.94. The maximum atomic E-state index is 12.8. The van der Waals surface area contributed by atoms with E-state index in [4.69, 9.17) is 11.6 Å². The van der Waals surface area contributed by atoms with E-state index < -0.39 is 23.3 Å². The number of anilines is 1. The molecule has 2 atom stereocenters. The molecule has 21 heavy (non-hydrogen) atoms. The van der Waals surface area contributed by atoms with Crippen molar-refractivity contribution in [3.05, 3.63) is 17.0 Å². The molecule has 2 unspecified atom stereocenters. The number of β-amino-alcohol motifs (C(OH)–C–C–N with tert-alkyl or cyclic N) is 1. The third-order valence-electron chi connectivity index (χ3n) is 3.24. The third kappa shape index (κ3) is 3.96. The highest BCUT2D eigenvalue weighted by Gasteiger charge is 2.37. The van der Waals surface area contributed by atoms with Gasteiger partial charge in [-0.05, 0) is 32.1 Å². The number of nitrogens with zero attached hydrogens (tertiary/aromatic N) is 4. The van der Waals surface area contributed by atoms with E-state index in [1.807, 2.05) is 19.0 Å². The normalized spacial score (nSPS) is 23.1. The van der Waals surface area contributed by atoms with Crippen molar-refractivity contribution in [1.82, 2.24) is 14.9 Å². The summed E-state index contributed by atoms with van der Waals surface area (Å²) in [6.07, 6.45) is -4.71. The summed E-state index contributed by atoms with van der Waals surface area (Å²) in [5, 5.41) is 9.33. The summed E-state index contributed by atoms with van der Waals surface area (Å²) >= 11 is 5.60. The maximum absolute atomic E-state index is 12.8. The topological polar surface area (TPSA) is 52.5 Å². The van der Waals surface area contributed by atoms with Gasteiger partial charge < -0.3 is 14.9 Å². The molecule has 0 aliphatic carbocycles. The van der Waals surface area contributed by atoms with Crippen LogP contribution in [0.5, 0.6) is 0 Å². The van der Waals surface area contributed by atoms with Crippen molar-refractivity contribution in [2.45, 2.75) is 24.7 Å². The maximum Gasteiger partial charge on any atom is 0.433 e. The van der Waals surface area contributed by atoms with Crippen molar-refractivity contribution < 1.29 is 18.3 Å². The summed E-state index contributed by atoms with van der Waals surface area (Å²) in [6, 6.07) is 0.745. The van der Waals surface area contributed by atoms with E-state index in [1.165, 1.54) is 0 Å². The zero-order valence-electron chi connectivity index (χ0n) is 11.6. The first-order valence-corrected chi connectivity index (χ1v) is 6.76. The molecule has 1 aromatic rings. The average Bonchev–Trinajstić information content (AvgIpc) is 2.67. The standard InChI is InChI=1S/C12H16ClF3N4O/c1-19(2)5-7-3-8(21)6-20(7)10-4-9(12(14,15)16)17-11(13)18-10/h4,7-8,21H,3,5-6H2,1-2H3. The fourth-order valence-electron chi connectivity index (χ4n) is 2.47. The SMILES string of the molecule is CN(C)CC1CC(O)CN1c1cc(C(F)(F)F)nc(Cl)n1. The molecular formula is C12H16ClF3N4O. The molecule has 2 rings (SSSR count). The van der Waals surface area contributed by atoms with Crippen LogP contribution in [0.1, 0.15) is 12.1 Å². The van der Waals surface area contributed by atoms with Gasteiger partial charge in [0.25, 0.3) is 0 Å². The van der Waals surface area contributed by atoms with Gasteiger partial charge in [0.1, 0.15) is 5.82 Å². The minimum atomic E-state index is -4.59. The first-order valence-electron chi connectivity index (χ1n) is 6.38. The zero-order chi connectivity index (χ0) is 15.8. The molecule has 2 heterocycles. The Morgan fingerprint density at radius 1 is 1.43 bits per heavy atom. The fourth-order valence-corrected chi connectivity index (χ4v) is 2.64. The second-order valence-corrected chi connectivity index (χ2v) is 5.67. The number of aliphatic hydroxyl groups excluding tert-OH is 1. The van der Waals surface area contributed by atoms with Crippen LogP contribution in [0.25, 0.3) is 0 Å². The molecule has 0 amide bonds. The van der Waals surface area contributed by atoms with Gasteiger partial charge in [-0.2, -0.15) is 13.2 Å². The predicted octanol–water partition coefficient (Wildman–Crippen LogP) is 1.65. The number of hydrogen-bond donors (Lipinski definition) is 1. The van der Waals surface area contributed by atoms with Crippen molar-refractivity contribution >= 4 is 17.4 Å². The molecule has 9 heteroatoms. The summed E-state index contributed by atoms with van der Waals surface area (Å²) in [4.78, 5) is 10.6. The first-order chi connectivity index (χ1) is 9.66. The fraction of sp³-hybridized carbons (Fsp3) is 0.667. The number of alkyl halides is 3. The van der Waals surface area contributed by atoms with E-state index >= 15 is 0 Å². The van der Waals surface area contributed by atoms with Crippen LogP contribution in [0, 0.1) is 0 Å².